The second kappa shape index (κ2) is 13.0. The summed E-state index contributed by atoms with van der Waals surface area (Å²) in [4.78, 5) is 40.2. The third-order valence-electron chi connectivity index (χ3n) is 7.24. The van der Waals surface area contributed by atoms with Crippen molar-refractivity contribution in [1.29, 1.82) is 0 Å². The first-order valence-corrected chi connectivity index (χ1v) is 13.4. The number of methoxy groups -OCH3 is 2. The molecule has 0 saturated heterocycles. The minimum absolute atomic E-state index is 0.0163. The summed E-state index contributed by atoms with van der Waals surface area (Å²) < 4.78 is 17.0. The lowest BCUT2D eigenvalue weighted by molar-refractivity contribution is -0.132. The molecule has 10 heteroatoms. The Labute approximate surface area is 239 Å². The number of allylic oxidation sites excluding steroid dienone is 1. The Morgan fingerprint density at radius 1 is 1.15 bits per heavy atom. The third kappa shape index (κ3) is 6.28. The number of amides is 2. The maximum absolute atomic E-state index is 13.5. The standard InChI is InChI=1S/C31H36N2O8/c1-18(2)12-26(36)33(10-8-19-6-5-7-21(13-19)39-3)24-16-23(31(38)32-9-11-34)27-22-14-20(17-35)15-25(40-4)29(22)41-30(27)28(24)37/h5-7,12-17,24,27-28,30,34,37H,8-11H2,1-4H3,(H,32,38)/t24-,27+,28+,30+/m1/s1. The number of carbonyl (C=O) groups excluding carboxylic acids is 3. The molecule has 0 bridgehead atoms. The van der Waals surface area contributed by atoms with E-state index in [1.165, 1.54) is 24.2 Å². The highest BCUT2D eigenvalue weighted by molar-refractivity contribution is 5.97. The maximum atomic E-state index is 13.5. The first kappa shape index (κ1) is 29.8. The summed E-state index contributed by atoms with van der Waals surface area (Å²) in [5.41, 5.74) is 2.83. The summed E-state index contributed by atoms with van der Waals surface area (Å²) in [6, 6.07) is 9.74. The molecule has 10 nitrogen and oxygen atoms in total. The lowest BCUT2D eigenvalue weighted by Gasteiger charge is -2.40. The number of aliphatic hydroxyl groups is 2. The highest BCUT2D eigenvalue weighted by Crippen LogP contribution is 2.51. The molecule has 2 aliphatic rings. The van der Waals surface area contributed by atoms with Crippen LogP contribution in [0.5, 0.6) is 17.2 Å². The molecule has 2 aromatic carbocycles. The number of hydrogen-bond donors (Lipinski definition) is 3. The van der Waals surface area contributed by atoms with Crippen LogP contribution in [0.25, 0.3) is 0 Å². The summed E-state index contributed by atoms with van der Waals surface area (Å²) in [5, 5.41) is 23.7. The Bertz CT molecular complexity index is 1360. The van der Waals surface area contributed by atoms with E-state index in [0.29, 0.717) is 41.1 Å². The molecule has 2 amide bonds. The molecule has 4 atom stereocenters. The Hall–Kier alpha value is -4.15. The van der Waals surface area contributed by atoms with E-state index in [0.717, 1.165) is 11.1 Å². The fourth-order valence-corrected chi connectivity index (χ4v) is 5.37. The molecular formula is C31H36N2O8. The van der Waals surface area contributed by atoms with Crippen molar-refractivity contribution in [3.63, 3.8) is 0 Å². The van der Waals surface area contributed by atoms with E-state index in [9.17, 15) is 24.6 Å². The van der Waals surface area contributed by atoms with Gasteiger partial charge in [0.2, 0.25) is 11.8 Å². The van der Waals surface area contributed by atoms with Gasteiger partial charge in [0.05, 0.1) is 32.8 Å². The Morgan fingerprint density at radius 2 is 1.93 bits per heavy atom. The van der Waals surface area contributed by atoms with Gasteiger partial charge in [-0.05, 0) is 56.2 Å². The summed E-state index contributed by atoms with van der Waals surface area (Å²) in [5.74, 6) is -0.213. The topological polar surface area (TPSA) is 135 Å². The van der Waals surface area contributed by atoms with Gasteiger partial charge in [-0.1, -0.05) is 17.7 Å². The lowest BCUT2D eigenvalue weighted by atomic mass is 9.77. The number of benzene rings is 2. The van der Waals surface area contributed by atoms with Crippen LogP contribution in [-0.4, -0.2) is 85.4 Å². The highest BCUT2D eigenvalue weighted by atomic mass is 16.5. The first-order valence-electron chi connectivity index (χ1n) is 13.4. The second-order valence-corrected chi connectivity index (χ2v) is 10.3. The molecule has 1 aliphatic heterocycles. The SMILES string of the molecule is COc1cccc(CCN(C(=O)C=C(C)C)[C@@H]2C=C(C(=O)NCCO)[C@@H]3c4cc(C=O)cc(OC)c4O[C@@H]3[C@H]2O)c1. The third-order valence-corrected chi connectivity index (χ3v) is 7.24. The van der Waals surface area contributed by atoms with E-state index in [1.807, 2.05) is 38.1 Å². The van der Waals surface area contributed by atoms with Crippen LogP contribution < -0.4 is 19.5 Å². The van der Waals surface area contributed by atoms with Gasteiger partial charge in [-0.2, -0.15) is 0 Å². The molecule has 0 aromatic heterocycles. The molecule has 4 rings (SSSR count). The molecule has 1 aliphatic carbocycles. The molecule has 0 unspecified atom stereocenters. The van der Waals surface area contributed by atoms with Crippen LogP contribution in [0.15, 0.2) is 59.7 Å². The number of ether oxygens (including phenoxy) is 3. The summed E-state index contributed by atoms with van der Waals surface area (Å²) in [6.07, 6.45) is 2.07. The van der Waals surface area contributed by atoms with Crippen molar-refractivity contribution in [2.45, 2.75) is 44.4 Å². The molecule has 0 saturated carbocycles. The van der Waals surface area contributed by atoms with Gasteiger partial charge < -0.3 is 34.6 Å². The number of rotatable bonds is 11. The van der Waals surface area contributed by atoms with Crippen molar-refractivity contribution < 1.29 is 38.8 Å². The first-order chi connectivity index (χ1) is 19.7. The molecular weight excluding hydrogens is 528 g/mol. The molecule has 0 spiro atoms. The largest absolute Gasteiger partial charge is 0.497 e. The molecule has 2 aromatic rings. The zero-order chi connectivity index (χ0) is 29.7. The van der Waals surface area contributed by atoms with Crippen LogP contribution in [0, 0.1) is 0 Å². The molecule has 0 radical (unpaired) electrons. The number of fused-ring (bicyclic) bond motifs is 3. The van der Waals surface area contributed by atoms with Gasteiger partial charge >= 0.3 is 0 Å². The van der Waals surface area contributed by atoms with E-state index < -0.39 is 30.1 Å². The van der Waals surface area contributed by atoms with E-state index in [1.54, 1.807) is 19.3 Å². The number of carbonyl (C=O) groups is 3. The van der Waals surface area contributed by atoms with Gasteiger partial charge in [-0.3, -0.25) is 14.4 Å². The van der Waals surface area contributed by atoms with E-state index in [-0.39, 0.29) is 31.2 Å². The predicted octanol–water partition coefficient (Wildman–Crippen LogP) is 2.18. The van der Waals surface area contributed by atoms with Gasteiger partial charge in [-0.25, -0.2) is 0 Å². The Morgan fingerprint density at radius 3 is 2.59 bits per heavy atom. The predicted molar refractivity (Wildman–Crippen MR) is 151 cm³/mol. The number of hydrogen-bond acceptors (Lipinski definition) is 8. The zero-order valence-electron chi connectivity index (χ0n) is 23.6. The van der Waals surface area contributed by atoms with Crippen molar-refractivity contribution >= 4 is 18.1 Å². The number of nitrogens with one attached hydrogen (secondary N) is 1. The molecule has 218 valence electrons. The molecule has 1 heterocycles. The van der Waals surface area contributed by atoms with Crippen molar-refractivity contribution in [2.24, 2.45) is 0 Å². The fourth-order valence-electron chi connectivity index (χ4n) is 5.37. The van der Waals surface area contributed by atoms with Gasteiger partial charge in [0.1, 0.15) is 24.2 Å². The average Bonchev–Trinajstić information content (AvgIpc) is 3.36. The molecule has 41 heavy (non-hydrogen) atoms. The number of nitrogens with zero attached hydrogens (tertiary/aromatic N) is 1. The van der Waals surface area contributed by atoms with Gasteiger partial charge in [-0.15, -0.1) is 0 Å². The van der Waals surface area contributed by atoms with Gasteiger partial charge in [0.25, 0.3) is 0 Å². The minimum atomic E-state index is -1.22. The van der Waals surface area contributed by atoms with Gasteiger partial charge in [0, 0.05) is 35.9 Å². The van der Waals surface area contributed by atoms with Crippen molar-refractivity contribution in [3.8, 4) is 17.2 Å². The number of aliphatic hydroxyl groups excluding tert-OH is 2. The second-order valence-electron chi connectivity index (χ2n) is 10.3. The van der Waals surface area contributed by atoms with Crippen LogP contribution in [0.2, 0.25) is 0 Å². The molecule has 0 fully saturated rings. The van der Waals surface area contributed by atoms with E-state index >= 15 is 0 Å². The Balaban J connectivity index is 1.78. The number of aldehydes is 1. The Kier molecular flexibility index (Phi) is 9.46. The van der Waals surface area contributed by atoms with Crippen LogP contribution >= 0.6 is 0 Å². The van der Waals surface area contributed by atoms with E-state index in [4.69, 9.17) is 14.2 Å². The molecule has 3 N–H and O–H groups in total. The normalized spacial score (nSPS) is 20.5. The lowest BCUT2D eigenvalue weighted by Crippen LogP contribution is -2.56. The summed E-state index contributed by atoms with van der Waals surface area (Å²) >= 11 is 0. The monoisotopic (exact) mass is 564 g/mol. The van der Waals surface area contributed by atoms with Crippen molar-refractivity contribution in [3.05, 3.63) is 76.4 Å². The smallest absolute Gasteiger partial charge is 0.247 e. The summed E-state index contributed by atoms with van der Waals surface area (Å²) in [6.45, 7) is 3.61. The van der Waals surface area contributed by atoms with Crippen LogP contribution in [0.1, 0.15) is 41.3 Å². The summed E-state index contributed by atoms with van der Waals surface area (Å²) in [7, 11) is 3.03. The average molecular weight is 565 g/mol. The van der Waals surface area contributed by atoms with E-state index in [2.05, 4.69) is 5.32 Å². The quantitative estimate of drug-likeness (QED) is 0.279. The fraction of sp³-hybridized carbons (Fsp3) is 0.387. The zero-order valence-corrected chi connectivity index (χ0v) is 23.6. The van der Waals surface area contributed by atoms with Crippen LogP contribution in [0.4, 0.5) is 0 Å². The van der Waals surface area contributed by atoms with Crippen LogP contribution in [-0.2, 0) is 16.0 Å². The minimum Gasteiger partial charge on any atom is -0.497 e. The highest BCUT2D eigenvalue weighted by Gasteiger charge is 2.51. The van der Waals surface area contributed by atoms with Crippen LogP contribution in [0.3, 0.4) is 0 Å². The van der Waals surface area contributed by atoms with Crippen molar-refractivity contribution in [1.82, 2.24) is 10.2 Å². The maximum Gasteiger partial charge on any atom is 0.247 e. The van der Waals surface area contributed by atoms with Crippen molar-refractivity contribution in [2.75, 3.05) is 33.9 Å². The van der Waals surface area contributed by atoms with Gasteiger partial charge in [0.15, 0.2) is 11.5 Å².